The molecule has 0 radical (unpaired) electrons. The minimum absolute atomic E-state index is 0.214. The van der Waals surface area contributed by atoms with Crippen molar-refractivity contribution < 1.29 is 26.4 Å². The lowest BCUT2D eigenvalue weighted by molar-refractivity contribution is 0.131. The predicted octanol–water partition coefficient (Wildman–Crippen LogP) is 9.04. The van der Waals surface area contributed by atoms with E-state index in [-0.39, 0.29) is 5.60 Å². The molecule has 0 aliphatic rings. The first kappa shape index (κ1) is 25.0. The van der Waals surface area contributed by atoms with Gasteiger partial charge in [0.05, 0.1) is 23.3 Å². The highest BCUT2D eigenvalue weighted by atomic mass is 19.5. The number of ether oxygens (including phenoxy) is 1. The van der Waals surface area contributed by atoms with Crippen molar-refractivity contribution in [2.45, 2.75) is 26.4 Å². The second-order valence-corrected chi connectivity index (χ2v) is 8.54. The van der Waals surface area contributed by atoms with Gasteiger partial charge in [-0.05, 0) is 62.7 Å². The fourth-order valence-corrected chi connectivity index (χ4v) is 3.23. The van der Waals surface area contributed by atoms with E-state index in [4.69, 9.17) is 9.15 Å². The molecule has 2 nitrogen and oxygen atoms in total. The molecule has 4 rings (SSSR count). The maximum absolute atomic E-state index is 9.75. The van der Waals surface area contributed by atoms with Gasteiger partial charge < -0.3 is 22.0 Å². The molecule has 0 spiro atoms. The van der Waals surface area contributed by atoms with Gasteiger partial charge in [0.15, 0.2) is 0 Å². The van der Waals surface area contributed by atoms with Gasteiger partial charge in [-0.15, -0.1) is 0 Å². The molecule has 34 heavy (non-hydrogen) atoms. The lowest BCUT2D eigenvalue weighted by atomic mass is 10.0. The lowest BCUT2D eigenvalue weighted by Crippen LogP contribution is -2.22. The molecule has 1 heterocycles. The molecule has 0 N–H and O–H groups in total. The van der Waals surface area contributed by atoms with Crippen LogP contribution in [0.4, 0.5) is 17.3 Å². The second kappa shape index (κ2) is 10.6. The third kappa shape index (κ3) is 8.07. The van der Waals surface area contributed by atoms with Crippen molar-refractivity contribution >= 4 is 7.25 Å². The summed E-state index contributed by atoms with van der Waals surface area (Å²) in [6, 6.07) is 32.8. The summed E-state index contributed by atoms with van der Waals surface area (Å²) in [5.41, 5.74) is 4.12. The van der Waals surface area contributed by atoms with Crippen molar-refractivity contribution in [2.24, 2.45) is 0 Å². The molecule has 0 fully saturated rings. The van der Waals surface area contributed by atoms with E-state index in [1.54, 1.807) is 0 Å². The summed E-state index contributed by atoms with van der Waals surface area (Å²) in [5.74, 6) is 2.56. The zero-order valence-electron chi connectivity index (χ0n) is 19.1. The number of hydrogen-bond acceptors (Lipinski definition) is 1. The summed E-state index contributed by atoms with van der Waals surface area (Å²) in [7, 11) is -6.00. The van der Waals surface area contributed by atoms with Crippen LogP contribution in [0, 0.1) is 0 Å². The Hall–Kier alpha value is -3.61. The molecule has 0 bridgehead atoms. The Kier molecular flexibility index (Phi) is 7.77. The van der Waals surface area contributed by atoms with E-state index < -0.39 is 7.25 Å². The first-order chi connectivity index (χ1) is 16.0. The topological polar surface area (TPSA) is 20.5 Å². The van der Waals surface area contributed by atoms with Crippen LogP contribution >= 0.6 is 0 Å². The van der Waals surface area contributed by atoms with Gasteiger partial charge in [-0.3, -0.25) is 0 Å². The molecule has 0 aliphatic carbocycles. The van der Waals surface area contributed by atoms with Gasteiger partial charge >= 0.3 is 18.8 Å². The highest BCUT2D eigenvalue weighted by molar-refractivity contribution is 6.50. The molecule has 1 aromatic heterocycles. The van der Waals surface area contributed by atoms with Crippen LogP contribution in [0.15, 0.2) is 101 Å². The summed E-state index contributed by atoms with van der Waals surface area (Å²) in [6.07, 6.45) is 0. The SMILES string of the molecule is CC(C)(C)Oc1ccc(-c2cc(-c3ccccc3)[o+]c(-c3ccccc3)c2)cc1.F[B-](F)(F)F. The van der Waals surface area contributed by atoms with Crippen LogP contribution in [0.25, 0.3) is 33.8 Å². The maximum Gasteiger partial charge on any atom is 0.673 e. The van der Waals surface area contributed by atoms with Gasteiger partial charge in [-0.25, -0.2) is 4.42 Å². The average molecular weight is 468 g/mol. The molecule has 3 aromatic carbocycles. The van der Waals surface area contributed by atoms with E-state index in [2.05, 4.69) is 69.3 Å². The van der Waals surface area contributed by atoms with Gasteiger partial charge in [-0.2, -0.15) is 0 Å². The molecular weight excluding hydrogens is 443 g/mol. The Balaban J connectivity index is 0.000000588. The molecule has 0 amide bonds. The third-order valence-corrected chi connectivity index (χ3v) is 4.52. The molecule has 0 saturated heterocycles. The first-order valence-electron chi connectivity index (χ1n) is 10.7. The molecule has 4 aromatic rings. The molecule has 0 saturated carbocycles. The van der Waals surface area contributed by atoms with Gasteiger partial charge in [0.25, 0.3) is 0 Å². The van der Waals surface area contributed by atoms with E-state index in [1.165, 1.54) is 0 Å². The Labute approximate surface area is 197 Å². The van der Waals surface area contributed by atoms with Crippen LogP contribution < -0.4 is 4.74 Å². The number of benzene rings is 3. The van der Waals surface area contributed by atoms with Crippen molar-refractivity contribution in [3.63, 3.8) is 0 Å². The van der Waals surface area contributed by atoms with Crippen molar-refractivity contribution in [3.8, 4) is 39.5 Å². The van der Waals surface area contributed by atoms with Crippen LogP contribution in [0.1, 0.15) is 20.8 Å². The van der Waals surface area contributed by atoms with Crippen LogP contribution in [-0.2, 0) is 0 Å². The second-order valence-electron chi connectivity index (χ2n) is 8.54. The monoisotopic (exact) mass is 468 g/mol. The number of halogens is 4. The summed E-state index contributed by atoms with van der Waals surface area (Å²) in [5, 5.41) is 0. The number of hydrogen-bond donors (Lipinski definition) is 0. The molecular formula is C27H25BF4O2. The third-order valence-electron chi connectivity index (χ3n) is 4.52. The van der Waals surface area contributed by atoms with E-state index in [1.807, 2.05) is 48.5 Å². The molecule has 0 aliphatic heterocycles. The van der Waals surface area contributed by atoms with Crippen LogP contribution in [0.3, 0.4) is 0 Å². The summed E-state index contributed by atoms with van der Waals surface area (Å²) >= 11 is 0. The quantitative estimate of drug-likeness (QED) is 0.169. The van der Waals surface area contributed by atoms with Crippen molar-refractivity contribution in [1.29, 1.82) is 0 Å². The van der Waals surface area contributed by atoms with Crippen LogP contribution in [-0.4, -0.2) is 12.9 Å². The summed E-state index contributed by atoms with van der Waals surface area (Å²) < 4.78 is 51.2. The van der Waals surface area contributed by atoms with Crippen molar-refractivity contribution in [2.75, 3.05) is 0 Å². The zero-order valence-corrected chi connectivity index (χ0v) is 19.1. The molecule has 0 unspecified atom stereocenters. The van der Waals surface area contributed by atoms with Crippen molar-refractivity contribution in [1.82, 2.24) is 0 Å². The summed E-state index contributed by atoms with van der Waals surface area (Å²) in [6.45, 7) is 6.16. The lowest BCUT2D eigenvalue weighted by Gasteiger charge is -2.21. The van der Waals surface area contributed by atoms with E-state index in [0.717, 1.165) is 39.5 Å². The summed E-state index contributed by atoms with van der Waals surface area (Å²) in [4.78, 5) is 0. The Bertz CT molecular complexity index is 1120. The maximum atomic E-state index is 9.75. The first-order valence-corrected chi connectivity index (χ1v) is 10.7. The smallest absolute Gasteiger partial charge is 0.488 e. The van der Waals surface area contributed by atoms with E-state index >= 15 is 0 Å². The van der Waals surface area contributed by atoms with E-state index in [9.17, 15) is 17.3 Å². The van der Waals surface area contributed by atoms with Crippen LogP contribution in [0.5, 0.6) is 5.75 Å². The molecule has 0 atom stereocenters. The fourth-order valence-electron chi connectivity index (χ4n) is 3.23. The Morgan fingerprint density at radius 3 is 1.38 bits per heavy atom. The predicted molar refractivity (Wildman–Crippen MR) is 130 cm³/mol. The highest BCUT2D eigenvalue weighted by Gasteiger charge is 2.21. The average Bonchev–Trinajstić information content (AvgIpc) is 2.78. The van der Waals surface area contributed by atoms with Gasteiger partial charge in [0.2, 0.25) is 0 Å². The Morgan fingerprint density at radius 1 is 0.588 bits per heavy atom. The zero-order chi connectivity index (χ0) is 24.8. The minimum Gasteiger partial charge on any atom is -0.488 e. The normalized spacial score (nSPS) is 11.4. The number of rotatable bonds is 4. The molecule has 7 heteroatoms. The van der Waals surface area contributed by atoms with Gasteiger partial charge in [0, 0.05) is 5.56 Å². The molecule has 176 valence electrons. The van der Waals surface area contributed by atoms with Gasteiger partial charge in [-0.1, -0.05) is 48.5 Å². The van der Waals surface area contributed by atoms with Gasteiger partial charge in [0.1, 0.15) is 11.4 Å². The highest BCUT2D eigenvalue weighted by Crippen LogP contribution is 2.33. The van der Waals surface area contributed by atoms with Crippen LogP contribution in [0.2, 0.25) is 0 Å². The standard InChI is InChI=1S/C27H25O2.BF4/c1-27(2,3)29-24-16-14-20(15-17-24)23-18-25(21-10-6-4-7-11-21)28-26(19-23)22-12-8-5-9-13-22;2-1(3,4)5/h4-19H,1-3H3;/q+1;-1. The minimum atomic E-state index is -6.00. The Morgan fingerprint density at radius 2 is 1.00 bits per heavy atom. The van der Waals surface area contributed by atoms with E-state index in [0.29, 0.717) is 0 Å². The fraction of sp³-hybridized carbons (Fsp3) is 0.148. The van der Waals surface area contributed by atoms with Crippen molar-refractivity contribution in [3.05, 3.63) is 97.1 Å². The largest absolute Gasteiger partial charge is 0.673 e.